The second-order valence-electron chi connectivity index (χ2n) is 4.31. The van der Waals surface area contributed by atoms with Gasteiger partial charge in [0, 0.05) is 38.2 Å². The van der Waals surface area contributed by atoms with Gasteiger partial charge in [0.25, 0.3) is 0 Å². The van der Waals surface area contributed by atoms with Crippen molar-refractivity contribution < 1.29 is 4.74 Å². The molecule has 3 nitrogen and oxygen atoms in total. The van der Waals surface area contributed by atoms with E-state index in [4.69, 9.17) is 4.74 Å². The van der Waals surface area contributed by atoms with Crippen LogP contribution in [-0.4, -0.2) is 24.3 Å². The Labute approximate surface area is 84.1 Å². The van der Waals surface area contributed by atoms with E-state index in [9.17, 15) is 0 Å². The van der Waals surface area contributed by atoms with Gasteiger partial charge in [-0.2, -0.15) is 0 Å². The molecule has 14 heavy (non-hydrogen) atoms. The number of hydrogen-bond donors (Lipinski definition) is 1. The Morgan fingerprint density at radius 1 is 1.36 bits per heavy atom. The molecule has 3 heteroatoms. The van der Waals surface area contributed by atoms with Crippen LogP contribution in [0.25, 0.3) is 0 Å². The lowest BCUT2D eigenvalue weighted by Gasteiger charge is -2.43. The summed E-state index contributed by atoms with van der Waals surface area (Å²) < 4.78 is 7.91. The maximum atomic E-state index is 5.45. The smallest absolute Gasteiger partial charge is 0.0611 e. The molecule has 1 N–H and O–H groups in total. The SMILES string of the molecule is c1cc2n(c1)C1(CCOCC1)CNC2. The van der Waals surface area contributed by atoms with Crippen LogP contribution in [-0.2, 0) is 16.8 Å². The molecule has 1 fully saturated rings. The largest absolute Gasteiger partial charge is 0.381 e. The third-order valence-corrected chi connectivity index (χ3v) is 3.53. The molecule has 2 aliphatic rings. The number of fused-ring (bicyclic) bond motifs is 2. The maximum Gasteiger partial charge on any atom is 0.0611 e. The summed E-state index contributed by atoms with van der Waals surface area (Å²) in [5.41, 5.74) is 1.72. The van der Waals surface area contributed by atoms with E-state index in [0.29, 0.717) is 5.54 Å². The van der Waals surface area contributed by atoms with Crippen molar-refractivity contribution in [2.75, 3.05) is 19.8 Å². The summed E-state index contributed by atoms with van der Waals surface area (Å²) in [4.78, 5) is 0. The van der Waals surface area contributed by atoms with Gasteiger partial charge in [-0.3, -0.25) is 0 Å². The summed E-state index contributed by atoms with van der Waals surface area (Å²) >= 11 is 0. The summed E-state index contributed by atoms with van der Waals surface area (Å²) in [5, 5.41) is 3.51. The van der Waals surface area contributed by atoms with Crippen molar-refractivity contribution in [3.05, 3.63) is 24.0 Å². The highest BCUT2D eigenvalue weighted by molar-refractivity contribution is 5.15. The first-order valence-electron chi connectivity index (χ1n) is 5.36. The molecule has 1 aromatic heterocycles. The lowest BCUT2D eigenvalue weighted by molar-refractivity contribution is 0.0146. The molecule has 0 unspecified atom stereocenters. The third kappa shape index (κ3) is 1.12. The van der Waals surface area contributed by atoms with Crippen molar-refractivity contribution in [3.8, 4) is 0 Å². The highest BCUT2D eigenvalue weighted by atomic mass is 16.5. The molecule has 3 rings (SSSR count). The summed E-state index contributed by atoms with van der Waals surface area (Å²) in [6.45, 7) is 3.91. The fraction of sp³-hybridized carbons (Fsp3) is 0.636. The van der Waals surface area contributed by atoms with E-state index in [0.717, 1.165) is 39.1 Å². The minimum atomic E-state index is 0.301. The van der Waals surface area contributed by atoms with Gasteiger partial charge in [-0.15, -0.1) is 0 Å². The van der Waals surface area contributed by atoms with Crippen LogP contribution in [0.2, 0.25) is 0 Å². The number of rotatable bonds is 0. The van der Waals surface area contributed by atoms with Gasteiger partial charge in [-0.05, 0) is 25.0 Å². The van der Waals surface area contributed by atoms with Crippen LogP contribution in [0.15, 0.2) is 18.3 Å². The van der Waals surface area contributed by atoms with Crippen molar-refractivity contribution in [2.24, 2.45) is 0 Å². The molecule has 0 atom stereocenters. The lowest BCUT2D eigenvalue weighted by atomic mass is 9.88. The third-order valence-electron chi connectivity index (χ3n) is 3.53. The van der Waals surface area contributed by atoms with Crippen LogP contribution < -0.4 is 5.32 Å². The molecule has 0 aliphatic carbocycles. The minimum absolute atomic E-state index is 0.301. The summed E-state index contributed by atoms with van der Waals surface area (Å²) in [7, 11) is 0. The van der Waals surface area contributed by atoms with Crippen LogP contribution in [0.4, 0.5) is 0 Å². The fourth-order valence-corrected chi connectivity index (χ4v) is 2.70. The Morgan fingerprint density at radius 2 is 2.21 bits per heavy atom. The first kappa shape index (κ1) is 8.50. The van der Waals surface area contributed by atoms with Gasteiger partial charge in [0.2, 0.25) is 0 Å². The minimum Gasteiger partial charge on any atom is -0.381 e. The van der Waals surface area contributed by atoms with E-state index in [1.165, 1.54) is 5.69 Å². The number of nitrogens with one attached hydrogen (secondary N) is 1. The van der Waals surface area contributed by atoms with Crippen LogP contribution in [0, 0.1) is 0 Å². The van der Waals surface area contributed by atoms with Gasteiger partial charge >= 0.3 is 0 Å². The molecule has 0 saturated carbocycles. The predicted molar refractivity (Wildman–Crippen MR) is 54.2 cm³/mol. The molecule has 1 saturated heterocycles. The van der Waals surface area contributed by atoms with E-state index in [2.05, 4.69) is 28.2 Å². The Kier molecular flexibility index (Phi) is 1.89. The first-order chi connectivity index (χ1) is 6.91. The van der Waals surface area contributed by atoms with Gasteiger partial charge in [-0.25, -0.2) is 0 Å². The monoisotopic (exact) mass is 192 g/mol. The molecule has 1 aromatic rings. The lowest BCUT2D eigenvalue weighted by Crippen LogP contribution is -2.51. The summed E-state index contributed by atoms with van der Waals surface area (Å²) in [6, 6.07) is 4.36. The highest BCUT2D eigenvalue weighted by Crippen LogP contribution is 2.32. The zero-order valence-corrected chi connectivity index (χ0v) is 8.33. The number of ether oxygens (including phenoxy) is 1. The second kappa shape index (κ2) is 3.11. The Morgan fingerprint density at radius 3 is 3.07 bits per heavy atom. The van der Waals surface area contributed by atoms with E-state index in [1.54, 1.807) is 0 Å². The molecule has 0 amide bonds. The van der Waals surface area contributed by atoms with Crippen LogP contribution in [0.1, 0.15) is 18.5 Å². The fourth-order valence-electron chi connectivity index (χ4n) is 2.70. The average Bonchev–Trinajstić information content (AvgIpc) is 2.69. The topological polar surface area (TPSA) is 26.2 Å². The van der Waals surface area contributed by atoms with Gasteiger partial charge in [-0.1, -0.05) is 0 Å². The van der Waals surface area contributed by atoms with Gasteiger partial charge in [0.1, 0.15) is 0 Å². The van der Waals surface area contributed by atoms with E-state index < -0.39 is 0 Å². The molecule has 0 radical (unpaired) electrons. The van der Waals surface area contributed by atoms with Crippen molar-refractivity contribution in [2.45, 2.75) is 24.9 Å². The van der Waals surface area contributed by atoms with Gasteiger partial charge < -0.3 is 14.6 Å². The highest BCUT2D eigenvalue weighted by Gasteiger charge is 2.36. The molecular formula is C11H16N2O. The molecule has 1 spiro atoms. The average molecular weight is 192 g/mol. The van der Waals surface area contributed by atoms with Crippen LogP contribution in [0.3, 0.4) is 0 Å². The zero-order valence-electron chi connectivity index (χ0n) is 8.33. The van der Waals surface area contributed by atoms with Crippen molar-refractivity contribution in [1.82, 2.24) is 9.88 Å². The molecule has 3 heterocycles. The number of nitrogens with zero attached hydrogens (tertiary/aromatic N) is 1. The van der Waals surface area contributed by atoms with Crippen molar-refractivity contribution in [3.63, 3.8) is 0 Å². The van der Waals surface area contributed by atoms with E-state index >= 15 is 0 Å². The Balaban J connectivity index is 2.01. The van der Waals surface area contributed by atoms with E-state index in [-0.39, 0.29) is 0 Å². The Bertz CT molecular complexity index is 326. The van der Waals surface area contributed by atoms with E-state index in [1.807, 2.05) is 0 Å². The van der Waals surface area contributed by atoms with Gasteiger partial charge in [0.05, 0.1) is 5.54 Å². The van der Waals surface area contributed by atoms with Crippen LogP contribution >= 0.6 is 0 Å². The molecule has 2 aliphatic heterocycles. The maximum absolute atomic E-state index is 5.45. The normalized spacial score (nSPS) is 24.9. The number of aromatic nitrogens is 1. The predicted octanol–water partition coefficient (Wildman–Crippen LogP) is 1.10. The summed E-state index contributed by atoms with van der Waals surface area (Å²) in [6.07, 6.45) is 4.50. The number of hydrogen-bond acceptors (Lipinski definition) is 2. The molecule has 76 valence electrons. The molecule has 0 bridgehead atoms. The summed E-state index contributed by atoms with van der Waals surface area (Å²) in [5.74, 6) is 0. The molecular weight excluding hydrogens is 176 g/mol. The second-order valence-corrected chi connectivity index (χ2v) is 4.31. The van der Waals surface area contributed by atoms with Crippen molar-refractivity contribution >= 4 is 0 Å². The molecule has 0 aromatic carbocycles. The standard InChI is InChI=1S/C11H16N2O/c1-2-10-8-12-9-11(13(10)5-1)3-6-14-7-4-11/h1-2,5,12H,3-4,6-9H2. The first-order valence-corrected chi connectivity index (χ1v) is 5.36. The van der Waals surface area contributed by atoms with Crippen molar-refractivity contribution in [1.29, 1.82) is 0 Å². The quantitative estimate of drug-likeness (QED) is 0.666. The van der Waals surface area contributed by atoms with Crippen LogP contribution in [0.5, 0.6) is 0 Å². The zero-order chi connectivity index (χ0) is 9.43. The Hall–Kier alpha value is -0.800. The van der Waals surface area contributed by atoms with Gasteiger partial charge in [0.15, 0.2) is 0 Å².